The van der Waals surface area contributed by atoms with Crippen molar-refractivity contribution in [2.75, 3.05) is 5.32 Å². The molecule has 0 aliphatic rings. The van der Waals surface area contributed by atoms with Crippen molar-refractivity contribution in [3.05, 3.63) is 65.5 Å². The first-order valence-electron chi connectivity index (χ1n) is 5.27. The summed E-state index contributed by atoms with van der Waals surface area (Å²) in [6.45, 7) is 0.631. The average molecular weight is 226 g/mol. The van der Waals surface area contributed by atoms with E-state index in [0.717, 1.165) is 5.56 Å². The maximum absolute atomic E-state index is 13.3. The van der Waals surface area contributed by atoms with Gasteiger partial charge in [-0.2, -0.15) is 5.26 Å². The smallest absolute Gasteiger partial charge is 0.143 e. The lowest BCUT2D eigenvalue weighted by atomic mass is 10.2. The van der Waals surface area contributed by atoms with Crippen molar-refractivity contribution in [2.24, 2.45) is 0 Å². The molecule has 0 aliphatic carbocycles. The number of benzene rings is 2. The quantitative estimate of drug-likeness (QED) is 0.871. The molecule has 0 spiro atoms. The van der Waals surface area contributed by atoms with Crippen LogP contribution in [0.3, 0.4) is 0 Å². The molecule has 2 nitrogen and oxygen atoms in total. The number of nitrogens with zero attached hydrogens (tertiary/aromatic N) is 1. The summed E-state index contributed by atoms with van der Waals surface area (Å²) in [4.78, 5) is 0. The van der Waals surface area contributed by atoms with Crippen LogP contribution in [0.25, 0.3) is 0 Å². The second kappa shape index (κ2) is 5.13. The third kappa shape index (κ3) is 2.82. The fourth-order valence-electron chi connectivity index (χ4n) is 1.52. The normalized spacial score (nSPS) is 9.65. The van der Waals surface area contributed by atoms with Crippen molar-refractivity contribution in [1.29, 1.82) is 5.26 Å². The van der Waals surface area contributed by atoms with Crippen molar-refractivity contribution in [3.8, 4) is 6.07 Å². The van der Waals surface area contributed by atoms with Crippen LogP contribution in [-0.2, 0) is 6.54 Å². The molecule has 0 atom stereocenters. The summed E-state index contributed by atoms with van der Waals surface area (Å²) in [5.74, 6) is -0.495. The molecule has 0 aliphatic heterocycles. The summed E-state index contributed by atoms with van der Waals surface area (Å²) in [6, 6.07) is 16.1. The van der Waals surface area contributed by atoms with Gasteiger partial charge in [-0.25, -0.2) is 4.39 Å². The molecule has 0 bridgehead atoms. The number of hydrogen-bond donors (Lipinski definition) is 1. The van der Waals surface area contributed by atoms with Crippen LogP contribution in [0.5, 0.6) is 0 Å². The number of rotatable bonds is 3. The zero-order valence-electron chi connectivity index (χ0n) is 9.15. The van der Waals surface area contributed by atoms with E-state index < -0.39 is 5.82 Å². The predicted octanol–water partition coefficient (Wildman–Crippen LogP) is 3.31. The lowest BCUT2D eigenvalue weighted by Crippen LogP contribution is -1.99. The number of nitriles is 1. The molecule has 0 unspecified atom stereocenters. The van der Waals surface area contributed by atoms with Crippen molar-refractivity contribution in [2.45, 2.75) is 6.54 Å². The SMILES string of the molecule is N#Cc1ccc(NCc2ccccc2)cc1F. The van der Waals surface area contributed by atoms with Crippen molar-refractivity contribution < 1.29 is 4.39 Å². The number of anilines is 1. The fourth-order valence-corrected chi connectivity index (χ4v) is 1.52. The highest BCUT2D eigenvalue weighted by atomic mass is 19.1. The maximum Gasteiger partial charge on any atom is 0.143 e. The molecule has 2 aromatic carbocycles. The number of nitrogens with one attached hydrogen (secondary N) is 1. The topological polar surface area (TPSA) is 35.8 Å². The second-order valence-electron chi connectivity index (χ2n) is 3.65. The molecule has 0 heterocycles. The highest BCUT2D eigenvalue weighted by Gasteiger charge is 2.02. The molecule has 0 saturated carbocycles. The van der Waals surface area contributed by atoms with Gasteiger partial charge in [0.15, 0.2) is 0 Å². The molecule has 0 aromatic heterocycles. The maximum atomic E-state index is 13.3. The Labute approximate surface area is 99.3 Å². The Morgan fingerprint density at radius 2 is 1.88 bits per heavy atom. The summed E-state index contributed by atoms with van der Waals surface area (Å²) in [5.41, 5.74) is 1.86. The molecule has 0 saturated heterocycles. The monoisotopic (exact) mass is 226 g/mol. The van der Waals surface area contributed by atoms with Crippen LogP contribution >= 0.6 is 0 Å². The molecular formula is C14H11FN2. The minimum absolute atomic E-state index is 0.0651. The van der Waals surface area contributed by atoms with E-state index in [-0.39, 0.29) is 5.56 Å². The first-order valence-corrected chi connectivity index (χ1v) is 5.27. The molecule has 3 heteroatoms. The highest BCUT2D eigenvalue weighted by molar-refractivity contribution is 5.48. The van der Waals surface area contributed by atoms with Gasteiger partial charge in [0.2, 0.25) is 0 Å². The molecule has 0 fully saturated rings. The summed E-state index contributed by atoms with van der Waals surface area (Å²) < 4.78 is 13.3. The van der Waals surface area contributed by atoms with Gasteiger partial charge in [-0.1, -0.05) is 30.3 Å². The Balaban J connectivity index is 2.06. The number of halogens is 1. The third-order valence-electron chi connectivity index (χ3n) is 2.43. The van der Waals surface area contributed by atoms with Gasteiger partial charge in [-0.15, -0.1) is 0 Å². The van der Waals surface area contributed by atoms with Gasteiger partial charge in [0.05, 0.1) is 5.56 Å². The van der Waals surface area contributed by atoms with Gasteiger partial charge in [0.1, 0.15) is 11.9 Å². The van der Waals surface area contributed by atoms with Gasteiger partial charge < -0.3 is 5.32 Å². The minimum atomic E-state index is -0.495. The fraction of sp³-hybridized carbons (Fsp3) is 0.0714. The van der Waals surface area contributed by atoms with Gasteiger partial charge in [0, 0.05) is 12.2 Å². The Morgan fingerprint density at radius 1 is 1.12 bits per heavy atom. The Hall–Kier alpha value is -2.34. The van der Waals surface area contributed by atoms with Gasteiger partial charge in [-0.05, 0) is 23.8 Å². The first-order chi connectivity index (χ1) is 8.29. The Kier molecular flexibility index (Phi) is 3.37. The van der Waals surface area contributed by atoms with E-state index in [1.165, 1.54) is 12.1 Å². The zero-order valence-corrected chi connectivity index (χ0v) is 9.15. The standard InChI is InChI=1S/C14H11FN2/c15-14-8-13(7-6-12(14)9-16)17-10-11-4-2-1-3-5-11/h1-8,17H,10H2. The van der Waals surface area contributed by atoms with Crippen LogP contribution in [0.1, 0.15) is 11.1 Å². The van der Waals surface area contributed by atoms with Gasteiger partial charge in [-0.3, -0.25) is 0 Å². The van der Waals surface area contributed by atoms with Crippen LogP contribution in [0.15, 0.2) is 48.5 Å². The van der Waals surface area contributed by atoms with E-state index in [2.05, 4.69) is 5.32 Å². The van der Waals surface area contributed by atoms with Crippen LogP contribution in [0, 0.1) is 17.1 Å². The summed E-state index contributed by atoms with van der Waals surface area (Å²) in [7, 11) is 0. The van der Waals surface area contributed by atoms with Crippen LogP contribution < -0.4 is 5.32 Å². The number of hydrogen-bond acceptors (Lipinski definition) is 2. The Morgan fingerprint density at radius 3 is 2.53 bits per heavy atom. The van der Waals surface area contributed by atoms with Crippen LogP contribution in [0.2, 0.25) is 0 Å². The average Bonchev–Trinajstić information content (AvgIpc) is 2.38. The van der Waals surface area contributed by atoms with Crippen molar-refractivity contribution >= 4 is 5.69 Å². The largest absolute Gasteiger partial charge is 0.381 e. The van der Waals surface area contributed by atoms with E-state index in [4.69, 9.17) is 5.26 Å². The minimum Gasteiger partial charge on any atom is -0.381 e. The lowest BCUT2D eigenvalue weighted by molar-refractivity contribution is 0.624. The van der Waals surface area contributed by atoms with E-state index in [1.807, 2.05) is 30.3 Å². The molecule has 0 radical (unpaired) electrons. The summed E-state index contributed by atoms with van der Waals surface area (Å²) in [5, 5.41) is 11.7. The van der Waals surface area contributed by atoms with Gasteiger partial charge >= 0.3 is 0 Å². The molecular weight excluding hydrogens is 215 g/mol. The van der Waals surface area contributed by atoms with Crippen LogP contribution in [-0.4, -0.2) is 0 Å². The van der Waals surface area contributed by atoms with Crippen molar-refractivity contribution in [3.63, 3.8) is 0 Å². The first kappa shape index (κ1) is 11.2. The van der Waals surface area contributed by atoms with E-state index in [9.17, 15) is 4.39 Å². The molecule has 0 amide bonds. The zero-order chi connectivity index (χ0) is 12.1. The van der Waals surface area contributed by atoms with E-state index >= 15 is 0 Å². The Bertz CT molecular complexity index is 544. The molecule has 2 aromatic rings. The summed E-state index contributed by atoms with van der Waals surface area (Å²) in [6.07, 6.45) is 0. The van der Waals surface area contributed by atoms with E-state index in [1.54, 1.807) is 12.1 Å². The molecule has 1 N–H and O–H groups in total. The van der Waals surface area contributed by atoms with Gasteiger partial charge in [0.25, 0.3) is 0 Å². The third-order valence-corrected chi connectivity index (χ3v) is 2.43. The molecule has 17 heavy (non-hydrogen) atoms. The van der Waals surface area contributed by atoms with E-state index in [0.29, 0.717) is 12.2 Å². The summed E-state index contributed by atoms with van der Waals surface area (Å²) >= 11 is 0. The highest BCUT2D eigenvalue weighted by Crippen LogP contribution is 2.14. The lowest BCUT2D eigenvalue weighted by Gasteiger charge is -2.06. The molecule has 84 valence electrons. The molecule has 2 rings (SSSR count). The van der Waals surface area contributed by atoms with Crippen molar-refractivity contribution in [1.82, 2.24) is 0 Å². The second-order valence-corrected chi connectivity index (χ2v) is 3.65. The predicted molar refractivity (Wildman–Crippen MR) is 64.9 cm³/mol. The van der Waals surface area contributed by atoms with Crippen LogP contribution in [0.4, 0.5) is 10.1 Å².